The summed E-state index contributed by atoms with van der Waals surface area (Å²) in [7, 11) is 0. The summed E-state index contributed by atoms with van der Waals surface area (Å²) in [5.74, 6) is -0.0331. The molecule has 1 atom stereocenters. The largest absolute Gasteiger partial charge is 0.325 e. The van der Waals surface area contributed by atoms with E-state index in [0.717, 1.165) is 21.4 Å². The summed E-state index contributed by atoms with van der Waals surface area (Å²) in [4.78, 5) is 16.6. The SMILES string of the molecule is CC1(c2ccccn2)C(=O)Nc2cc(Br)ccc21. The van der Waals surface area contributed by atoms with E-state index in [1.54, 1.807) is 6.20 Å². The van der Waals surface area contributed by atoms with E-state index in [9.17, 15) is 4.79 Å². The van der Waals surface area contributed by atoms with Gasteiger partial charge in [-0.1, -0.05) is 28.1 Å². The molecule has 0 fully saturated rings. The van der Waals surface area contributed by atoms with Crippen molar-refractivity contribution in [3.63, 3.8) is 0 Å². The van der Waals surface area contributed by atoms with Gasteiger partial charge in [-0.05, 0) is 36.8 Å². The number of rotatable bonds is 1. The zero-order valence-electron chi connectivity index (χ0n) is 9.77. The predicted octanol–water partition coefficient (Wildman–Crippen LogP) is 3.10. The van der Waals surface area contributed by atoms with Gasteiger partial charge < -0.3 is 5.32 Å². The van der Waals surface area contributed by atoms with E-state index in [1.165, 1.54) is 0 Å². The summed E-state index contributed by atoms with van der Waals surface area (Å²) in [5.41, 5.74) is 1.87. The van der Waals surface area contributed by atoms with Gasteiger partial charge in [0.25, 0.3) is 0 Å². The highest BCUT2D eigenvalue weighted by Gasteiger charge is 2.45. The summed E-state index contributed by atoms with van der Waals surface area (Å²) in [5, 5.41) is 2.92. The topological polar surface area (TPSA) is 42.0 Å². The number of carbonyl (C=O) groups is 1. The maximum absolute atomic E-state index is 12.3. The maximum atomic E-state index is 12.3. The van der Waals surface area contributed by atoms with E-state index in [0.29, 0.717) is 0 Å². The first kappa shape index (κ1) is 11.4. The van der Waals surface area contributed by atoms with Gasteiger partial charge in [0.15, 0.2) is 0 Å². The summed E-state index contributed by atoms with van der Waals surface area (Å²) < 4.78 is 0.951. The molecule has 90 valence electrons. The molecular formula is C14H11BrN2O. The molecule has 1 aliphatic rings. The highest BCUT2D eigenvalue weighted by Crippen LogP contribution is 2.42. The second-order valence-electron chi connectivity index (χ2n) is 4.48. The Hall–Kier alpha value is -1.68. The lowest BCUT2D eigenvalue weighted by Gasteiger charge is -2.21. The van der Waals surface area contributed by atoms with Gasteiger partial charge in [-0.3, -0.25) is 9.78 Å². The van der Waals surface area contributed by atoms with Crippen LogP contribution >= 0.6 is 15.9 Å². The van der Waals surface area contributed by atoms with Crippen molar-refractivity contribution in [2.45, 2.75) is 12.3 Å². The van der Waals surface area contributed by atoms with Crippen LogP contribution in [0.1, 0.15) is 18.2 Å². The number of nitrogens with zero attached hydrogens (tertiary/aromatic N) is 1. The number of benzene rings is 1. The molecular weight excluding hydrogens is 292 g/mol. The van der Waals surface area contributed by atoms with Gasteiger partial charge in [0.1, 0.15) is 5.41 Å². The number of aromatic nitrogens is 1. The summed E-state index contributed by atoms with van der Waals surface area (Å²) in [6, 6.07) is 11.5. The molecule has 0 saturated carbocycles. The maximum Gasteiger partial charge on any atom is 0.240 e. The number of amides is 1. The molecule has 1 unspecified atom stereocenters. The minimum Gasteiger partial charge on any atom is -0.325 e. The Morgan fingerprint density at radius 3 is 2.83 bits per heavy atom. The quantitative estimate of drug-likeness (QED) is 0.879. The molecule has 0 radical (unpaired) electrons. The molecule has 3 nitrogen and oxygen atoms in total. The van der Waals surface area contributed by atoms with Crippen molar-refractivity contribution in [3.8, 4) is 0 Å². The molecule has 1 aliphatic heterocycles. The number of hydrogen-bond donors (Lipinski definition) is 1. The molecule has 1 amide bonds. The van der Waals surface area contributed by atoms with E-state index >= 15 is 0 Å². The van der Waals surface area contributed by atoms with Gasteiger partial charge in [0.05, 0.1) is 5.69 Å². The lowest BCUT2D eigenvalue weighted by atomic mass is 9.80. The summed E-state index contributed by atoms with van der Waals surface area (Å²) in [6.07, 6.45) is 1.71. The summed E-state index contributed by atoms with van der Waals surface area (Å²) in [6.45, 7) is 1.91. The van der Waals surface area contributed by atoms with Crippen LogP contribution in [-0.4, -0.2) is 10.9 Å². The Bertz CT molecular complexity index is 627. The number of pyridine rings is 1. The number of carbonyl (C=O) groups excluding carboxylic acids is 1. The van der Waals surface area contributed by atoms with Crippen LogP contribution < -0.4 is 5.32 Å². The van der Waals surface area contributed by atoms with Gasteiger partial charge >= 0.3 is 0 Å². The first-order chi connectivity index (χ1) is 8.62. The number of nitrogens with one attached hydrogen (secondary N) is 1. The van der Waals surface area contributed by atoms with Crippen LogP contribution in [-0.2, 0) is 10.2 Å². The lowest BCUT2D eigenvalue weighted by molar-refractivity contribution is -0.119. The first-order valence-corrected chi connectivity index (χ1v) is 6.44. The van der Waals surface area contributed by atoms with Crippen LogP contribution in [0, 0.1) is 0 Å². The van der Waals surface area contributed by atoms with E-state index in [-0.39, 0.29) is 5.91 Å². The number of anilines is 1. The van der Waals surface area contributed by atoms with Crippen molar-refractivity contribution in [1.29, 1.82) is 0 Å². The van der Waals surface area contributed by atoms with E-state index < -0.39 is 5.41 Å². The molecule has 3 rings (SSSR count). The van der Waals surface area contributed by atoms with Gasteiger partial charge in [-0.25, -0.2) is 0 Å². The molecule has 2 aromatic rings. The predicted molar refractivity (Wildman–Crippen MR) is 73.5 cm³/mol. The van der Waals surface area contributed by atoms with Crippen LogP contribution in [0.2, 0.25) is 0 Å². The second kappa shape index (κ2) is 3.92. The van der Waals surface area contributed by atoms with Gasteiger partial charge in [0.2, 0.25) is 5.91 Å². The number of hydrogen-bond acceptors (Lipinski definition) is 2. The lowest BCUT2D eigenvalue weighted by Crippen LogP contribution is -2.33. The van der Waals surface area contributed by atoms with Crippen molar-refractivity contribution < 1.29 is 4.79 Å². The van der Waals surface area contributed by atoms with Gasteiger partial charge in [-0.2, -0.15) is 0 Å². The number of halogens is 1. The fourth-order valence-electron chi connectivity index (χ4n) is 2.34. The Kier molecular flexibility index (Phi) is 2.48. The molecule has 18 heavy (non-hydrogen) atoms. The second-order valence-corrected chi connectivity index (χ2v) is 5.40. The fourth-order valence-corrected chi connectivity index (χ4v) is 2.70. The minimum absolute atomic E-state index is 0.0331. The zero-order chi connectivity index (χ0) is 12.8. The minimum atomic E-state index is -0.711. The molecule has 1 aromatic carbocycles. The standard InChI is InChI=1S/C14H11BrN2O/c1-14(12-4-2-3-7-16-12)10-6-5-9(15)8-11(10)17-13(14)18/h2-8H,1H3,(H,17,18). The van der Waals surface area contributed by atoms with Crippen molar-refractivity contribution in [2.75, 3.05) is 5.32 Å². The average Bonchev–Trinajstić information content (AvgIpc) is 2.63. The third-order valence-electron chi connectivity index (χ3n) is 3.40. The third kappa shape index (κ3) is 1.49. The molecule has 1 aromatic heterocycles. The Balaban J connectivity index is 2.23. The Labute approximate surface area is 113 Å². The zero-order valence-corrected chi connectivity index (χ0v) is 11.4. The molecule has 0 spiro atoms. The average molecular weight is 303 g/mol. The highest BCUT2D eigenvalue weighted by molar-refractivity contribution is 9.10. The first-order valence-electron chi connectivity index (χ1n) is 5.65. The molecule has 0 saturated heterocycles. The van der Waals surface area contributed by atoms with Crippen LogP contribution in [0.15, 0.2) is 47.1 Å². The molecule has 2 heterocycles. The van der Waals surface area contributed by atoms with Crippen LogP contribution in [0.25, 0.3) is 0 Å². The van der Waals surface area contributed by atoms with E-state index in [4.69, 9.17) is 0 Å². The van der Waals surface area contributed by atoms with Crippen LogP contribution in [0.4, 0.5) is 5.69 Å². The van der Waals surface area contributed by atoms with Crippen molar-refractivity contribution in [1.82, 2.24) is 4.98 Å². The van der Waals surface area contributed by atoms with Gasteiger partial charge in [-0.15, -0.1) is 0 Å². The molecule has 0 aliphatic carbocycles. The van der Waals surface area contributed by atoms with Crippen LogP contribution in [0.5, 0.6) is 0 Å². The van der Waals surface area contributed by atoms with E-state index in [1.807, 2.05) is 43.3 Å². The molecule has 4 heteroatoms. The Morgan fingerprint density at radius 1 is 1.28 bits per heavy atom. The fraction of sp³-hybridized carbons (Fsp3) is 0.143. The monoisotopic (exact) mass is 302 g/mol. The molecule has 1 N–H and O–H groups in total. The summed E-state index contributed by atoms with van der Waals surface area (Å²) >= 11 is 3.41. The van der Waals surface area contributed by atoms with Crippen molar-refractivity contribution in [3.05, 3.63) is 58.3 Å². The van der Waals surface area contributed by atoms with Crippen LogP contribution in [0.3, 0.4) is 0 Å². The molecule has 0 bridgehead atoms. The van der Waals surface area contributed by atoms with Crippen molar-refractivity contribution >= 4 is 27.5 Å². The number of fused-ring (bicyclic) bond motifs is 1. The smallest absolute Gasteiger partial charge is 0.240 e. The Morgan fingerprint density at radius 2 is 2.11 bits per heavy atom. The van der Waals surface area contributed by atoms with Gasteiger partial charge in [0, 0.05) is 16.4 Å². The normalized spacial score (nSPS) is 21.6. The van der Waals surface area contributed by atoms with E-state index in [2.05, 4.69) is 26.2 Å². The van der Waals surface area contributed by atoms with Crippen molar-refractivity contribution in [2.24, 2.45) is 0 Å². The highest BCUT2D eigenvalue weighted by atomic mass is 79.9. The third-order valence-corrected chi connectivity index (χ3v) is 3.89.